The quantitative estimate of drug-likeness (QED) is 0.430. The fourth-order valence-electron chi connectivity index (χ4n) is 3.61. The second-order valence-corrected chi connectivity index (χ2v) is 8.79. The van der Waals surface area contributed by atoms with Crippen LogP contribution in [0.15, 0.2) is 47.8 Å². The maximum absolute atomic E-state index is 12.5. The van der Waals surface area contributed by atoms with Crippen molar-refractivity contribution in [1.29, 1.82) is 0 Å². The van der Waals surface area contributed by atoms with E-state index in [1.54, 1.807) is 11.3 Å². The van der Waals surface area contributed by atoms with Gasteiger partial charge in [0.25, 0.3) is 0 Å². The summed E-state index contributed by atoms with van der Waals surface area (Å²) in [7, 11) is 0. The molecule has 30 heavy (non-hydrogen) atoms. The Morgan fingerprint density at radius 1 is 1.23 bits per heavy atom. The summed E-state index contributed by atoms with van der Waals surface area (Å²) >= 11 is 7.65. The van der Waals surface area contributed by atoms with E-state index in [9.17, 15) is 4.79 Å². The second kappa shape index (κ2) is 8.58. The Balaban J connectivity index is 1.52. The molecule has 0 aliphatic rings. The number of nitrogens with one attached hydrogen (secondary N) is 1. The number of fused-ring (bicyclic) bond motifs is 1. The number of thiophene rings is 1. The Morgan fingerprint density at radius 2 is 2.00 bits per heavy atom. The van der Waals surface area contributed by atoms with Crippen molar-refractivity contribution in [1.82, 2.24) is 19.9 Å². The first-order valence-corrected chi connectivity index (χ1v) is 11.1. The summed E-state index contributed by atoms with van der Waals surface area (Å²) in [5.41, 5.74) is 5.65. The predicted octanol–water partition coefficient (Wildman–Crippen LogP) is 5.54. The number of nitrogens with zero attached hydrogens (tertiary/aromatic N) is 3. The number of carbonyl (C=O) groups is 1. The van der Waals surface area contributed by atoms with Gasteiger partial charge in [0, 0.05) is 39.3 Å². The van der Waals surface area contributed by atoms with Gasteiger partial charge in [0.15, 0.2) is 5.65 Å². The molecule has 0 unspecified atom stereocenters. The Bertz CT molecular complexity index is 1180. The van der Waals surface area contributed by atoms with Gasteiger partial charge in [-0.25, -0.2) is 9.50 Å². The van der Waals surface area contributed by atoms with Gasteiger partial charge in [-0.15, -0.1) is 11.3 Å². The van der Waals surface area contributed by atoms with Gasteiger partial charge in [0.05, 0.1) is 11.7 Å². The smallest absolute Gasteiger partial charge is 0.220 e. The molecule has 3 aromatic heterocycles. The number of aromatic nitrogens is 3. The fourth-order valence-corrected chi connectivity index (χ4v) is 4.47. The summed E-state index contributed by atoms with van der Waals surface area (Å²) in [6.07, 6.45) is 1.04. The lowest BCUT2D eigenvalue weighted by Crippen LogP contribution is -2.26. The Hall–Kier alpha value is -2.70. The minimum absolute atomic E-state index is 0.0216. The van der Waals surface area contributed by atoms with E-state index in [2.05, 4.69) is 5.32 Å². The van der Waals surface area contributed by atoms with Gasteiger partial charge in [-0.05, 0) is 56.3 Å². The van der Waals surface area contributed by atoms with E-state index in [-0.39, 0.29) is 11.9 Å². The first-order valence-electron chi connectivity index (χ1n) is 9.87. The molecule has 3 heterocycles. The Kier molecular flexibility index (Phi) is 5.88. The third-order valence-corrected chi connectivity index (χ3v) is 6.56. The number of carbonyl (C=O) groups excluding carboxylic acids is 1. The molecule has 1 N–H and O–H groups in total. The predicted molar refractivity (Wildman–Crippen MR) is 122 cm³/mol. The minimum Gasteiger partial charge on any atom is -0.349 e. The second-order valence-electron chi connectivity index (χ2n) is 7.37. The van der Waals surface area contributed by atoms with Crippen LogP contribution in [0.25, 0.3) is 16.9 Å². The molecule has 4 aromatic rings. The maximum atomic E-state index is 12.5. The molecule has 0 radical (unpaired) electrons. The van der Waals surface area contributed by atoms with Crippen LogP contribution in [0.2, 0.25) is 5.02 Å². The van der Waals surface area contributed by atoms with Crippen molar-refractivity contribution in [2.45, 2.75) is 39.7 Å². The number of amides is 1. The molecule has 1 amide bonds. The van der Waals surface area contributed by atoms with Crippen LogP contribution in [-0.2, 0) is 11.2 Å². The summed E-state index contributed by atoms with van der Waals surface area (Å²) in [6.45, 7) is 6.03. The van der Waals surface area contributed by atoms with E-state index in [1.165, 1.54) is 0 Å². The molecular formula is C23H23ClN4OS. The largest absolute Gasteiger partial charge is 0.349 e. The van der Waals surface area contributed by atoms with E-state index in [4.69, 9.17) is 21.7 Å². The number of hydrogen-bond donors (Lipinski definition) is 1. The molecule has 0 saturated carbocycles. The van der Waals surface area contributed by atoms with Crippen LogP contribution in [-0.4, -0.2) is 20.5 Å². The van der Waals surface area contributed by atoms with Gasteiger partial charge in [-0.2, -0.15) is 5.10 Å². The summed E-state index contributed by atoms with van der Waals surface area (Å²) in [4.78, 5) is 18.3. The summed E-state index contributed by atoms with van der Waals surface area (Å²) in [5.74, 6) is 0.0390. The molecule has 0 saturated heterocycles. The van der Waals surface area contributed by atoms with Crippen molar-refractivity contribution >= 4 is 34.5 Å². The highest BCUT2D eigenvalue weighted by atomic mass is 35.5. The topological polar surface area (TPSA) is 59.3 Å². The van der Waals surface area contributed by atoms with Gasteiger partial charge in [-0.1, -0.05) is 29.8 Å². The van der Waals surface area contributed by atoms with E-state index in [0.717, 1.165) is 38.7 Å². The van der Waals surface area contributed by atoms with E-state index in [0.29, 0.717) is 17.9 Å². The summed E-state index contributed by atoms with van der Waals surface area (Å²) in [5, 5.41) is 10.5. The highest BCUT2D eigenvalue weighted by molar-refractivity contribution is 7.10. The van der Waals surface area contributed by atoms with Crippen LogP contribution >= 0.6 is 22.9 Å². The molecule has 0 fully saturated rings. The molecule has 1 aromatic carbocycles. The van der Waals surface area contributed by atoms with Gasteiger partial charge in [0.2, 0.25) is 5.91 Å². The number of benzene rings is 1. The Morgan fingerprint density at radius 3 is 2.70 bits per heavy atom. The highest BCUT2D eigenvalue weighted by Gasteiger charge is 2.16. The normalized spacial score (nSPS) is 12.3. The molecule has 0 bridgehead atoms. The molecule has 7 heteroatoms. The number of aryl methyl sites for hydroxylation is 2. The molecule has 0 spiro atoms. The van der Waals surface area contributed by atoms with E-state index in [1.807, 2.05) is 73.1 Å². The molecule has 5 nitrogen and oxygen atoms in total. The van der Waals surface area contributed by atoms with Crippen LogP contribution in [0, 0.1) is 13.8 Å². The highest BCUT2D eigenvalue weighted by Crippen LogP contribution is 2.24. The minimum atomic E-state index is 0.0216. The molecule has 0 aliphatic carbocycles. The summed E-state index contributed by atoms with van der Waals surface area (Å²) < 4.78 is 1.86. The third-order valence-electron chi connectivity index (χ3n) is 5.25. The standard InChI is InChI=1S/C23H23ClN4OS/c1-14-19(10-11-23(29)26-15(2)21-5-4-12-30-21)16(3)28-22(25-14)13-20(27-28)17-6-8-18(24)9-7-17/h4-9,12-13,15H,10-11H2,1-3H3,(H,26,29)/t15-/m0/s1. The van der Waals surface area contributed by atoms with Gasteiger partial charge in [0.1, 0.15) is 0 Å². The first kappa shape index (κ1) is 20.6. The van der Waals surface area contributed by atoms with E-state index >= 15 is 0 Å². The van der Waals surface area contributed by atoms with Crippen molar-refractivity contribution in [3.8, 4) is 11.3 Å². The van der Waals surface area contributed by atoms with Gasteiger partial charge < -0.3 is 5.32 Å². The Labute approximate surface area is 184 Å². The average molecular weight is 439 g/mol. The summed E-state index contributed by atoms with van der Waals surface area (Å²) in [6, 6.07) is 13.6. The molecule has 154 valence electrons. The van der Waals surface area contributed by atoms with Crippen LogP contribution in [0.3, 0.4) is 0 Å². The van der Waals surface area contributed by atoms with Crippen LogP contribution < -0.4 is 5.32 Å². The molecule has 0 aliphatic heterocycles. The monoisotopic (exact) mass is 438 g/mol. The lowest BCUT2D eigenvalue weighted by Gasteiger charge is -2.14. The molecule has 4 rings (SSSR count). The lowest BCUT2D eigenvalue weighted by molar-refractivity contribution is -0.121. The van der Waals surface area contributed by atoms with Crippen molar-refractivity contribution in [2.24, 2.45) is 0 Å². The van der Waals surface area contributed by atoms with E-state index < -0.39 is 0 Å². The zero-order valence-corrected chi connectivity index (χ0v) is 18.7. The van der Waals surface area contributed by atoms with Crippen molar-refractivity contribution < 1.29 is 4.79 Å². The maximum Gasteiger partial charge on any atom is 0.220 e. The van der Waals surface area contributed by atoms with Crippen molar-refractivity contribution in [3.63, 3.8) is 0 Å². The van der Waals surface area contributed by atoms with Crippen molar-refractivity contribution in [3.05, 3.63) is 74.7 Å². The molecule has 1 atom stereocenters. The molecular weight excluding hydrogens is 416 g/mol. The first-order chi connectivity index (χ1) is 14.4. The zero-order chi connectivity index (χ0) is 21.3. The van der Waals surface area contributed by atoms with Crippen molar-refractivity contribution in [2.75, 3.05) is 0 Å². The number of hydrogen-bond acceptors (Lipinski definition) is 4. The average Bonchev–Trinajstić information content (AvgIpc) is 3.38. The number of rotatable bonds is 6. The van der Waals surface area contributed by atoms with Crippen LogP contribution in [0.4, 0.5) is 0 Å². The zero-order valence-electron chi connectivity index (χ0n) is 17.1. The van der Waals surface area contributed by atoms with Crippen LogP contribution in [0.1, 0.15) is 41.2 Å². The van der Waals surface area contributed by atoms with Gasteiger partial charge >= 0.3 is 0 Å². The third kappa shape index (κ3) is 4.25. The number of halogens is 1. The SMILES string of the molecule is Cc1nc2cc(-c3ccc(Cl)cc3)nn2c(C)c1CCC(=O)N[C@@H](C)c1cccs1. The fraction of sp³-hybridized carbons (Fsp3) is 0.261. The lowest BCUT2D eigenvalue weighted by atomic mass is 10.1. The van der Waals surface area contributed by atoms with Crippen LogP contribution in [0.5, 0.6) is 0 Å². The van der Waals surface area contributed by atoms with Gasteiger partial charge in [-0.3, -0.25) is 4.79 Å².